The Morgan fingerprint density at radius 1 is 1.33 bits per heavy atom. The van der Waals surface area contributed by atoms with Gasteiger partial charge in [0.2, 0.25) is 10.0 Å². The lowest BCUT2D eigenvalue weighted by Gasteiger charge is -2.14. The summed E-state index contributed by atoms with van der Waals surface area (Å²) in [5.41, 5.74) is 0.606. The monoisotopic (exact) mass is 348 g/mol. The zero-order valence-corrected chi connectivity index (χ0v) is 13.5. The molecule has 0 amide bonds. The molecule has 5 nitrogen and oxygen atoms in total. The van der Waals surface area contributed by atoms with E-state index in [1.807, 2.05) is 0 Å². The second-order valence-corrected chi connectivity index (χ2v) is 7.07. The number of nitrogens with zero attached hydrogens (tertiary/aromatic N) is 1. The summed E-state index contributed by atoms with van der Waals surface area (Å²) in [4.78, 5) is -0.115. The highest BCUT2D eigenvalue weighted by molar-refractivity contribution is 7.89. The van der Waals surface area contributed by atoms with Gasteiger partial charge in [0.15, 0.2) is 0 Å². The van der Waals surface area contributed by atoms with Crippen LogP contribution in [0.3, 0.4) is 0 Å². The van der Waals surface area contributed by atoms with Crippen LogP contribution in [0.5, 0.6) is 0 Å². The van der Waals surface area contributed by atoms with Crippen LogP contribution in [0.25, 0.3) is 0 Å². The van der Waals surface area contributed by atoms with Crippen LogP contribution in [0.2, 0.25) is 10.0 Å². The molecule has 0 aliphatic carbocycles. The highest BCUT2D eigenvalue weighted by Crippen LogP contribution is 2.25. The van der Waals surface area contributed by atoms with E-state index in [-0.39, 0.29) is 21.5 Å². The summed E-state index contributed by atoms with van der Waals surface area (Å²) >= 11 is 11.7. The minimum absolute atomic E-state index is 0.0697. The Hall–Kier alpha value is -1.05. The second-order valence-electron chi connectivity index (χ2n) is 4.49. The third kappa shape index (κ3) is 3.78. The van der Waals surface area contributed by atoms with E-state index in [4.69, 9.17) is 23.2 Å². The summed E-state index contributed by atoms with van der Waals surface area (Å²) in [6, 6.07) is 7.65. The van der Waals surface area contributed by atoms with Crippen LogP contribution >= 0.6 is 23.2 Å². The first-order chi connectivity index (χ1) is 9.81. The van der Waals surface area contributed by atoms with Gasteiger partial charge in [0.05, 0.1) is 5.02 Å². The van der Waals surface area contributed by atoms with Gasteiger partial charge in [-0.05, 0) is 30.3 Å². The number of rotatable bonds is 5. The number of aliphatic hydroxyl groups excluding tert-OH is 1. The molecule has 2 rings (SSSR count). The molecule has 0 saturated carbocycles. The van der Waals surface area contributed by atoms with Crippen molar-refractivity contribution in [2.75, 3.05) is 6.54 Å². The zero-order valence-electron chi connectivity index (χ0n) is 11.1. The summed E-state index contributed by atoms with van der Waals surface area (Å²) in [6.07, 6.45) is 0.804. The predicted molar refractivity (Wildman–Crippen MR) is 82.0 cm³/mol. The van der Waals surface area contributed by atoms with E-state index < -0.39 is 16.1 Å². The minimum atomic E-state index is -3.85. The van der Waals surface area contributed by atoms with Crippen LogP contribution in [0.1, 0.15) is 11.8 Å². The van der Waals surface area contributed by atoms with Crippen LogP contribution in [0.15, 0.2) is 41.4 Å². The number of hydrogen-bond acceptors (Lipinski definition) is 3. The molecule has 2 aromatic rings. The molecule has 0 aliphatic heterocycles. The summed E-state index contributed by atoms with van der Waals surface area (Å²) in [5.74, 6) is 0. The fraction of sp³-hybridized carbons (Fsp3) is 0.231. The number of aromatic nitrogens is 1. The van der Waals surface area contributed by atoms with Crippen LogP contribution in [-0.4, -0.2) is 24.6 Å². The zero-order chi connectivity index (χ0) is 15.6. The van der Waals surface area contributed by atoms with E-state index in [0.29, 0.717) is 5.69 Å². The Labute approximate surface area is 133 Å². The van der Waals surface area contributed by atoms with Crippen LogP contribution in [-0.2, 0) is 17.1 Å². The van der Waals surface area contributed by atoms with E-state index in [1.54, 1.807) is 29.9 Å². The second kappa shape index (κ2) is 6.37. The molecule has 0 spiro atoms. The molecule has 0 saturated heterocycles. The van der Waals surface area contributed by atoms with Gasteiger partial charge in [-0.2, -0.15) is 0 Å². The Bertz CT molecular complexity index is 744. The molecule has 0 fully saturated rings. The van der Waals surface area contributed by atoms with Crippen molar-refractivity contribution in [3.63, 3.8) is 0 Å². The summed E-state index contributed by atoms with van der Waals surface area (Å²) in [6.45, 7) is -0.164. The van der Waals surface area contributed by atoms with E-state index >= 15 is 0 Å². The lowest BCUT2D eigenvalue weighted by Crippen LogP contribution is -2.29. The number of nitrogens with one attached hydrogen (secondary N) is 1. The van der Waals surface area contributed by atoms with Crippen molar-refractivity contribution < 1.29 is 13.5 Å². The van der Waals surface area contributed by atoms with Gasteiger partial charge in [0.25, 0.3) is 0 Å². The van der Waals surface area contributed by atoms with Crippen LogP contribution < -0.4 is 4.72 Å². The van der Waals surface area contributed by atoms with Gasteiger partial charge in [-0.15, -0.1) is 0 Å². The average molecular weight is 349 g/mol. The van der Waals surface area contributed by atoms with Crippen molar-refractivity contribution in [1.29, 1.82) is 0 Å². The number of aryl methyl sites for hydroxylation is 1. The molecule has 1 aromatic heterocycles. The maximum atomic E-state index is 12.2. The lowest BCUT2D eigenvalue weighted by atomic mass is 10.2. The van der Waals surface area contributed by atoms with Crippen molar-refractivity contribution in [3.05, 3.63) is 52.3 Å². The molecule has 0 aliphatic rings. The molecule has 21 heavy (non-hydrogen) atoms. The minimum Gasteiger partial charge on any atom is -0.386 e. The van der Waals surface area contributed by atoms with Gasteiger partial charge < -0.3 is 9.67 Å². The molecular formula is C13H14Cl2N2O3S. The van der Waals surface area contributed by atoms with E-state index in [2.05, 4.69) is 4.72 Å². The maximum Gasteiger partial charge on any atom is 0.242 e. The highest BCUT2D eigenvalue weighted by atomic mass is 35.5. The largest absolute Gasteiger partial charge is 0.386 e. The molecule has 8 heteroatoms. The molecule has 1 heterocycles. The van der Waals surface area contributed by atoms with E-state index in [0.717, 1.165) is 0 Å². The van der Waals surface area contributed by atoms with Gasteiger partial charge in [-0.3, -0.25) is 0 Å². The topological polar surface area (TPSA) is 71.3 Å². The lowest BCUT2D eigenvalue weighted by molar-refractivity contribution is 0.173. The SMILES string of the molecule is Cn1cccc1[C@H](O)CNS(=O)(=O)c1cc(Cl)ccc1Cl. The number of hydrogen-bond donors (Lipinski definition) is 2. The van der Waals surface area contributed by atoms with Gasteiger partial charge in [-0.1, -0.05) is 23.2 Å². The normalized spacial score (nSPS) is 13.3. The first-order valence-corrected chi connectivity index (χ1v) is 8.29. The Balaban J connectivity index is 2.15. The van der Waals surface area contributed by atoms with Crippen molar-refractivity contribution in [3.8, 4) is 0 Å². The summed E-state index contributed by atoms with van der Waals surface area (Å²) in [5, 5.41) is 10.4. The van der Waals surface area contributed by atoms with Gasteiger partial charge in [-0.25, -0.2) is 13.1 Å². The third-order valence-corrected chi connectivity index (χ3v) is 5.12. The summed E-state index contributed by atoms with van der Waals surface area (Å²) < 4.78 is 28.4. The Morgan fingerprint density at radius 2 is 2.05 bits per heavy atom. The van der Waals surface area contributed by atoms with Gasteiger partial charge in [0.1, 0.15) is 11.0 Å². The smallest absolute Gasteiger partial charge is 0.242 e. The fourth-order valence-corrected chi connectivity index (χ4v) is 3.67. The first kappa shape index (κ1) is 16.3. The molecule has 1 atom stereocenters. The Kier molecular flexibility index (Phi) is 4.95. The highest BCUT2D eigenvalue weighted by Gasteiger charge is 2.20. The van der Waals surface area contributed by atoms with Gasteiger partial charge >= 0.3 is 0 Å². The van der Waals surface area contributed by atoms with Crippen molar-refractivity contribution in [2.45, 2.75) is 11.0 Å². The number of halogens is 2. The van der Waals surface area contributed by atoms with Crippen LogP contribution in [0.4, 0.5) is 0 Å². The third-order valence-electron chi connectivity index (χ3n) is 2.97. The Morgan fingerprint density at radius 3 is 2.67 bits per heavy atom. The molecular weight excluding hydrogens is 335 g/mol. The molecule has 0 unspecified atom stereocenters. The molecule has 114 valence electrons. The van der Waals surface area contributed by atoms with E-state index in [9.17, 15) is 13.5 Å². The van der Waals surface area contributed by atoms with Crippen molar-refractivity contribution >= 4 is 33.2 Å². The number of sulfonamides is 1. The van der Waals surface area contributed by atoms with Gasteiger partial charge in [0, 0.05) is 30.5 Å². The maximum absolute atomic E-state index is 12.2. The standard InChI is InChI=1S/C13H14Cl2N2O3S/c1-17-6-2-3-11(17)12(18)8-16-21(19,20)13-7-9(14)4-5-10(13)15/h2-7,12,16,18H,8H2,1H3/t12-/m1/s1. The average Bonchev–Trinajstić information content (AvgIpc) is 2.85. The van der Waals surface area contributed by atoms with Crippen molar-refractivity contribution in [1.82, 2.24) is 9.29 Å². The first-order valence-electron chi connectivity index (χ1n) is 6.05. The number of benzene rings is 1. The number of aliphatic hydroxyl groups is 1. The molecule has 0 radical (unpaired) electrons. The summed E-state index contributed by atoms with van der Waals surface area (Å²) in [7, 11) is -2.08. The quantitative estimate of drug-likeness (QED) is 0.870. The fourth-order valence-electron chi connectivity index (χ4n) is 1.87. The predicted octanol–water partition coefficient (Wildman–Crippen LogP) is 2.34. The molecule has 1 aromatic carbocycles. The van der Waals surface area contributed by atoms with Crippen molar-refractivity contribution in [2.24, 2.45) is 7.05 Å². The molecule has 0 bridgehead atoms. The van der Waals surface area contributed by atoms with Crippen LogP contribution in [0, 0.1) is 0 Å². The van der Waals surface area contributed by atoms with E-state index in [1.165, 1.54) is 18.2 Å². The molecule has 2 N–H and O–H groups in total.